The summed E-state index contributed by atoms with van der Waals surface area (Å²) in [6, 6.07) is 6.90. The monoisotopic (exact) mass is 285 g/mol. The van der Waals surface area contributed by atoms with Crippen molar-refractivity contribution in [3.63, 3.8) is 0 Å². The fourth-order valence-electron chi connectivity index (χ4n) is 1.34. The van der Waals surface area contributed by atoms with Crippen LogP contribution in [-0.4, -0.2) is 22.9 Å². The highest BCUT2D eigenvalue weighted by atomic mass is 79.9. The number of hydrogen-bond donors (Lipinski definition) is 2. The van der Waals surface area contributed by atoms with Crippen molar-refractivity contribution >= 4 is 21.8 Å². The molecule has 0 fully saturated rings. The highest BCUT2D eigenvalue weighted by Crippen LogP contribution is 2.15. The van der Waals surface area contributed by atoms with E-state index in [1.165, 1.54) is 0 Å². The SMILES string of the molecule is O=C(Cc1ccccc1O)NCCCCBr. The van der Waals surface area contributed by atoms with Crippen LogP contribution in [0.4, 0.5) is 0 Å². The van der Waals surface area contributed by atoms with Gasteiger partial charge in [-0.05, 0) is 18.9 Å². The first-order valence-electron chi connectivity index (χ1n) is 5.33. The van der Waals surface area contributed by atoms with Crippen LogP contribution in [0.2, 0.25) is 0 Å². The average Bonchev–Trinajstić information content (AvgIpc) is 2.28. The van der Waals surface area contributed by atoms with Crippen LogP contribution in [0.3, 0.4) is 0 Å². The van der Waals surface area contributed by atoms with Crippen molar-refractivity contribution in [3.05, 3.63) is 29.8 Å². The maximum Gasteiger partial charge on any atom is 0.224 e. The van der Waals surface area contributed by atoms with E-state index >= 15 is 0 Å². The second-order valence-corrected chi connectivity index (χ2v) is 4.34. The molecule has 0 aliphatic rings. The molecule has 2 N–H and O–H groups in total. The minimum Gasteiger partial charge on any atom is -0.508 e. The van der Waals surface area contributed by atoms with Gasteiger partial charge in [0.2, 0.25) is 5.91 Å². The smallest absolute Gasteiger partial charge is 0.224 e. The Morgan fingerprint density at radius 1 is 1.31 bits per heavy atom. The summed E-state index contributed by atoms with van der Waals surface area (Å²) in [4.78, 5) is 11.5. The number of unbranched alkanes of at least 4 members (excludes halogenated alkanes) is 1. The van der Waals surface area contributed by atoms with Crippen LogP contribution in [-0.2, 0) is 11.2 Å². The summed E-state index contributed by atoms with van der Waals surface area (Å²) in [6.45, 7) is 0.692. The lowest BCUT2D eigenvalue weighted by atomic mass is 10.1. The third-order valence-electron chi connectivity index (χ3n) is 2.23. The van der Waals surface area contributed by atoms with Gasteiger partial charge in [-0.3, -0.25) is 4.79 Å². The normalized spacial score (nSPS) is 10.1. The number of halogens is 1. The topological polar surface area (TPSA) is 49.3 Å². The molecular formula is C12H16BrNO2. The third kappa shape index (κ3) is 4.66. The number of amides is 1. The van der Waals surface area contributed by atoms with Gasteiger partial charge in [0.15, 0.2) is 0 Å². The molecule has 1 rings (SSSR count). The Kier molecular flexibility index (Phi) is 5.93. The van der Waals surface area contributed by atoms with E-state index in [2.05, 4.69) is 21.2 Å². The number of aromatic hydroxyl groups is 1. The van der Waals surface area contributed by atoms with Gasteiger partial charge in [-0.25, -0.2) is 0 Å². The van der Waals surface area contributed by atoms with Gasteiger partial charge in [-0.15, -0.1) is 0 Å². The molecule has 1 amide bonds. The molecule has 88 valence electrons. The standard InChI is InChI=1S/C12H16BrNO2/c13-7-3-4-8-14-12(16)9-10-5-1-2-6-11(10)15/h1-2,5-6,15H,3-4,7-9H2,(H,14,16). The number of alkyl halides is 1. The van der Waals surface area contributed by atoms with Gasteiger partial charge in [-0.2, -0.15) is 0 Å². The summed E-state index contributed by atoms with van der Waals surface area (Å²) in [7, 11) is 0. The van der Waals surface area contributed by atoms with Gasteiger partial charge in [0.25, 0.3) is 0 Å². The highest BCUT2D eigenvalue weighted by molar-refractivity contribution is 9.09. The van der Waals surface area contributed by atoms with Crippen LogP contribution >= 0.6 is 15.9 Å². The largest absolute Gasteiger partial charge is 0.508 e. The first-order chi connectivity index (χ1) is 7.74. The maximum absolute atomic E-state index is 11.5. The predicted molar refractivity (Wildman–Crippen MR) is 67.8 cm³/mol. The molecule has 0 heterocycles. The zero-order valence-electron chi connectivity index (χ0n) is 9.08. The molecule has 0 aromatic heterocycles. The molecule has 0 spiro atoms. The van der Waals surface area contributed by atoms with Crippen molar-refractivity contribution in [2.24, 2.45) is 0 Å². The molecule has 1 aromatic carbocycles. The van der Waals surface area contributed by atoms with Gasteiger partial charge in [-0.1, -0.05) is 34.1 Å². The summed E-state index contributed by atoms with van der Waals surface area (Å²) >= 11 is 3.33. The number of hydrogen-bond acceptors (Lipinski definition) is 2. The Morgan fingerprint density at radius 3 is 2.75 bits per heavy atom. The molecule has 1 aromatic rings. The number of rotatable bonds is 6. The van der Waals surface area contributed by atoms with Crippen LogP contribution in [0.25, 0.3) is 0 Å². The van der Waals surface area contributed by atoms with E-state index in [4.69, 9.17) is 0 Å². The first-order valence-corrected chi connectivity index (χ1v) is 6.45. The van der Waals surface area contributed by atoms with E-state index in [1.807, 2.05) is 6.07 Å². The van der Waals surface area contributed by atoms with Crippen molar-refractivity contribution in [2.75, 3.05) is 11.9 Å². The molecule has 0 saturated carbocycles. The number of nitrogens with one attached hydrogen (secondary N) is 1. The Bertz CT molecular complexity index is 342. The lowest BCUT2D eigenvalue weighted by Gasteiger charge is -2.05. The molecule has 0 unspecified atom stereocenters. The molecule has 0 saturated heterocycles. The van der Waals surface area contributed by atoms with E-state index in [0.29, 0.717) is 12.1 Å². The molecule has 0 aliphatic carbocycles. The molecular weight excluding hydrogens is 270 g/mol. The molecule has 0 bridgehead atoms. The van der Waals surface area contributed by atoms with E-state index < -0.39 is 0 Å². The molecule has 3 nitrogen and oxygen atoms in total. The van der Waals surface area contributed by atoms with Crippen LogP contribution in [0.5, 0.6) is 5.75 Å². The van der Waals surface area contributed by atoms with Crippen molar-refractivity contribution in [3.8, 4) is 5.75 Å². The lowest BCUT2D eigenvalue weighted by molar-refractivity contribution is -0.120. The minimum atomic E-state index is -0.0453. The lowest BCUT2D eigenvalue weighted by Crippen LogP contribution is -2.26. The summed E-state index contributed by atoms with van der Waals surface area (Å²) in [5.74, 6) is 0.134. The molecule has 0 radical (unpaired) electrons. The zero-order chi connectivity index (χ0) is 11.8. The van der Waals surface area contributed by atoms with Gasteiger partial charge in [0.05, 0.1) is 6.42 Å². The molecule has 16 heavy (non-hydrogen) atoms. The van der Waals surface area contributed by atoms with Crippen molar-refractivity contribution in [1.29, 1.82) is 0 Å². The number of carbonyl (C=O) groups excluding carboxylic acids is 1. The Hall–Kier alpha value is -1.03. The maximum atomic E-state index is 11.5. The number of benzene rings is 1. The van der Waals surface area contributed by atoms with Gasteiger partial charge < -0.3 is 10.4 Å². The van der Waals surface area contributed by atoms with Gasteiger partial charge in [0.1, 0.15) is 5.75 Å². The average molecular weight is 286 g/mol. The summed E-state index contributed by atoms with van der Waals surface area (Å²) in [5.41, 5.74) is 0.667. The second kappa shape index (κ2) is 7.28. The van der Waals surface area contributed by atoms with Crippen LogP contribution in [0, 0.1) is 0 Å². The summed E-state index contributed by atoms with van der Waals surface area (Å²) in [6.07, 6.45) is 2.26. The van der Waals surface area contributed by atoms with Gasteiger partial charge >= 0.3 is 0 Å². The molecule has 0 atom stereocenters. The first kappa shape index (κ1) is 13.0. The Labute approximate surface area is 104 Å². The van der Waals surface area contributed by atoms with Gasteiger partial charge in [0, 0.05) is 17.4 Å². The number of phenols is 1. The summed E-state index contributed by atoms with van der Waals surface area (Å²) < 4.78 is 0. The van der Waals surface area contributed by atoms with Crippen molar-refractivity contribution < 1.29 is 9.90 Å². The minimum absolute atomic E-state index is 0.0453. The molecule has 4 heteroatoms. The van der Waals surface area contributed by atoms with Crippen LogP contribution in [0.15, 0.2) is 24.3 Å². The fourth-order valence-corrected chi connectivity index (χ4v) is 1.74. The van der Waals surface area contributed by atoms with E-state index in [-0.39, 0.29) is 18.1 Å². The Morgan fingerprint density at radius 2 is 2.06 bits per heavy atom. The van der Waals surface area contributed by atoms with E-state index in [9.17, 15) is 9.90 Å². The van der Waals surface area contributed by atoms with E-state index in [0.717, 1.165) is 18.2 Å². The number of para-hydroxylation sites is 1. The Balaban J connectivity index is 2.32. The quantitative estimate of drug-likeness (QED) is 0.622. The van der Waals surface area contributed by atoms with E-state index in [1.54, 1.807) is 18.2 Å². The second-order valence-electron chi connectivity index (χ2n) is 3.55. The van der Waals surface area contributed by atoms with Crippen molar-refractivity contribution in [2.45, 2.75) is 19.3 Å². The van der Waals surface area contributed by atoms with Crippen LogP contribution < -0.4 is 5.32 Å². The van der Waals surface area contributed by atoms with Crippen LogP contribution in [0.1, 0.15) is 18.4 Å². The third-order valence-corrected chi connectivity index (χ3v) is 2.79. The number of carbonyl (C=O) groups is 1. The number of phenolic OH excluding ortho intramolecular Hbond substituents is 1. The predicted octanol–water partition coefficient (Wildman–Crippen LogP) is 2.23. The fraction of sp³-hybridized carbons (Fsp3) is 0.417. The zero-order valence-corrected chi connectivity index (χ0v) is 10.7. The molecule has 0 aliphatic heterocycles. The summed E-state index contributed by atoms with van der Waals surface area (Å²) in [5, 5.41) is 13.3. The highest BCUT2D eigenvalue weighted by Gasteiger charge is 2.05. The van der Waals surface area contributed by atoms with Crippen molar-refractivity contribution in [1.82, 2.24) is 5.32 Å².